The Balaban J connectivity index is 1.39. The minimum absolute atomic E-state index is 0.194. The molecular weight excluding hydrogens is 382 g/mol. The molecule has 4 rings (SSSR count). The number of likely N-dealkylation sites (tertiary alicyclic amines) is 2. The van der Waals surface area contributed by atoms with Gasteiger partial charge in [0.2, 0.25) is 0 Å². The van der Waals surface area contributed by atoms with E-state index in [9.17, 15) is 14.4 Å². The van der Waals surface area contributed by atoms with Crippen molar-refractivity contribution < 1.29 is 14.4 Å². The molecule has 1 aromatic rings. The molecule has 1 aromatic carbocycles. The molecule has 0 radical (unpaired) electrons. The lowest BCUT2D eigenvalue weighted by molar-refractivity contribution is -0.140. The summed E-state index contributed by atoms with van der Waals surface area (Å²) < 4.78 is 0. The molecule has 30 heavy (non-hydrogen) atoms. The zero-order chi connectivity index (χ0) is 21.1. The molecular formula is C22H31N5O3. The first-order valence-electron chi connectivity index (χ1n) is 11.0. The number of carbonyl (C=O) groups excluding carboxylic acids is 3. The molecule has 3 saturated heterocycles. The van der Waals surface area contributed by atoms with E-state index in [2.05, 4.69) is 20.5 Å². The van der Waals surface area contributed by atoms with Gasteiger partial charge in [-0.3, -0.25) is 19.9 Å². The Morgan fingerprint density at radius 2 is 1.87 bits per heavy atom. The summed E-state index contributed by atoms with van der Waals surface area (Å²) >= 11 is 0. The second kappa shape index (κ2) is 8.73. The molecule has 4 amide bonds. The standard InChI is InChI=1S/C22H31N5O3/c1-2-22(17-9-4-3-5-10-17)20(29)27(21(30)23-22)24-19(28)16-26-14-8-11-18(26)15-25-12-6-7-13-25/h3-5,9-10,18H,2,6-8,11-16H2,1H3,(H,23,30)(H,24,28). The highest BCUT2D eigenvalue weighted by Gasteiger charge is 2.52. The van der Waals surface area contributed by atoms with Crippen molar-refractivity contribution in [1.82, 2.24) is 25.6 Å². The van der Waals surface area contributed by atoms with Gasteiger partial charge in [0.05, 0.1) is 6.54 Å². The smallest absolute Gasteiger partial charge is 0.318 e. The molecule has 2 unspecified atom stereocenters. The highest BCUT2D eigenvalue weighted by Crippen LogP contribution is 2.31. The second-order valence-corrected chi connectivity index (χ2v) is 8.50. The number of rotatable bonds is 7. The summed E-state index contributed by atoms with van der Waals surface area (Å²) in [6, 6.07) is 8.94. The molecule has 0 spiro atoms. The fraction of sp³-hybridized carbons (Fsp3) is 0.591. The maximum atomic E-state index is 13.1. The van der Waals surface area contributed by atoms with Gasteiger partial charge in [0.15, 0.2) is 0 Å². The molecule has 0 saturated carbocycles. The fourth-order valence-electron chi connectivity index (χ4n) is 4.96. The first-order valence-corrected chi connectivity index (χ1v) is 11.0. The van der Waals surface area contributed by atoms with E-state index in [1.54, 1.807) is 0 Å². The van der Waals surface area contributed by atoms with E-state index in [1.807, 2.05) is 37.3 Å². The van der Waals surface area contributed by atoms with Gasteiger partial charge in [-0.05, 0) is 57.3 Å². The predicted molar refractivity (Wildman–Crippen MR) is 112 cm³/mol. The van der Waals surface area contributed by atoms with E-state index in [0.29, 0.717) is 18.0 Å². The van der Waals surface area contributed by atoms with Crippen molar-refractivity contribution in [2.75, 3.05) is 32.7 Å². The minimum atomic E-state index is -1.14. The van der Waals surface area contributed by atoms with Gasteiger partial charge >= 0.3 is 6.03 Å². The summed E-state index contributed by atoms with van der Waals surface area (Å²) in [4.78, 5) is 43.1. The maximum absolute atomic E-state index is 13.1. The Hall–Kier alpha value is -2.45. The molecule has 2 N–H and O–H groups in total. The molecule has 3 fully saturated rings. The number of imide groups is 1. The van der Waals surface area contributed by atoms with Gasteiger partial charge in [-0.25, -0.2) is 4.79 Å². The van der Waals surface area contributed by atoms with Crippen LogP contribution in [-0.2, 0) is 15.1 Å². The first-order chi connectivity index (χ1) is 14.5. The normalized spacial score (nSPS) is 27.6. The Bertz CT molecular complexity index is 795. The van der Waals surface area contributed by atoms with Crippen LogP contribution in [0.2, 0.25) is 0 Å². The Morgan fingerprint density at radius 1 is 1.13 bits per heavy atom. The van der Waals surface area contributed by atoms with Gasteiger partial charge < -0.3 is 10.2 Å². The lowest BCUT2D eigenvalue weighted by atomic mass is 9.87. The van der Waals surface area contributed by atoms with Crippen molar-refractivity contribution in [3.63, 3.8) is 0 Å². The van der Waals surface area contributed by atoms with E-state index in [4.69, 9.17) is 0 Å². The summed E-state index contributed by atoms with van der Waals surface area (Å²) in [7, 11) is 0. The number of carbonyl (C=O) groups is 3. The molecule has 3 aliphatic rings. The van der Waals surface area contributed by atoms with Crippen molar-refractivity contribution in [2.45, 2.75) is 50.6 Å². The van der Waals surface area contributed by atoms with Gasteiger partial charge in [-0.2, -0.15) is 5.01 Å². The van der Waals surface area contributed by atoms with E-state index in [-0.39, 0.29) is 12.5 Å². The molecule has 3 aliphatic heterocycles. The summed E-state index contributed by atoms with van der Waals surface area (Å²) in [6.07, 6.45) is 5.06. The van der Waals surface area contributed by atoms with Crippen LogP contribution in [0.3, 0.4) is 0 Å². The SMILES string of the molecule is CCC1(c2ccccc2)NC(=O)N(NC(=O)CN2CCCC2CN2CCCC2)C1=O. The minimum Gasteiger partial charge on any atom is -0.318 e. The third-order valence-corrected chi connectivity index (χ3v) is 6.64. The van der Waals surface area contributed by atoms with Crippen LogP contribution in [0.15, 0.2) is 30.3 Å². The van der Waals surface area contributed by atoms with Crippen LogP contribution in [0, 0.1) is 0 Å². The molecule has 0 aliphatic carbocycles. The van der Waals surface area contributed by atoms with Crippen LogP contribution in [0.4, 0.5) is 4.79 Å². The third kappa shape index (κ3) is 3.94. The number of hydrazine groups is 1. The predicted octanol–water partition coefficient (Wildman–Crippen LogP) is 1.44. The van der Waals surface area contributed by atoms with Crippen LogP contribution < -0.4 is 10.7 Å². The molecule has 2 atom stereocenters. The zero-order valence-electron chi connectivity index (χ0n) is 17.6. The van der Waals surface area contributed by atoms with E-state index >= 15 is 0 Å². The number of urea groups is 1. The summed E-state index contributed by atoms with van der Waals surface area (Å²) in [5, 5.41) is 3.64. The lowest BCUT2D eigenvalue weighted by Crippen LogP contribution is -2.52. The van der Waals surface area contributed by atoms with Crippen LogP contribution in [-0.4, -0.2) is 71.4 Å². The molecule has 3 heterocycles. The maximum Gasteiger partial charge on any atom is 0.344 e. The van der Waals surface area contributed by atoms with E-state index < -0.39 is 17.5 Å². The van der Waals surface area contributed by atoms with Gasteiger partial charge in [0.25, 0.3) is 11.8 Å². The number of nitrogens with one attached hydrogen (secondary N) is 2. The molecule has 162 valence electrons. The highest BCUT2D eigenvalue weighted by molar-refractivity contribution is 6.08. The zero-order valence-corrected chi connectivity index (χ0v) is 17.6. The highest BCUT2D eigenvalue weighted by atomic mass is 16.2. The van der Waals surface area contributed by atoms with Crippen LogP contribution in [0.1, 0.15) is 44.6 Å². The number of nitrogens with zero attached hydrogens (tertiary/aromatic N) is 3. The quantitative estimate of drug-likeness (QED) is 0.661. The Morgan fingerprint density at radius 3 is 2.57 bits per heavy atom. The van der Waals surface area contributed by atoms with Gasteiger partial charge in [-0.1, -0.05) is 37.3 Å². The number of benzene rings is 1. The fourth-order valence-corrected chi connectivity index (χ4v) is 4.96. The van der Waals surface area contributed by atoms with Gasteiger partial charge in [0.1, 0.15) is 5.54 Å². The third-order valence-electron chi connectivity index (χ3n) is 6.64. The topological polar surface area (TPSA) is 85.0 Å². The monoisotopic (exact) mass is 413 g/mol. The van der Waals surface area contributed by atoms with Gasteiger partial charge in [0, 0.05) is 12.6 Å². The second-order valence-electron chi connectivity index (χ2n) is 8.50. The van der Waals surface area contributed by atoms with E-state index in [1.165, 1.54) is 12.8 Å². The largest absolute Gasteiger partial charge is 0.344 e. The van der Waals surface area contributed by atoms with Crippen LogP contribution in [0.5, 0.6) is 0 Å². The van der Waals surface area contributed by atoms with Crippen LogP contribution >= 0.6 is 0 Å². The molecule has 8 heteroatoms. The van der Waals surface area contributed by atoms with Crippen LogP contribution in [0.25, 0.3) is 0 Å². The molecule has 0 bridgehead atoms. The summed E-state index contributed by atoms with van der Waals surface area (Å²) in [6.45, 7) is 6.18. The average Bonchev–Trinajstić information content (AvgIpc) is 3.47. The lowest BCUT2D eigenvalue weighted by Gasteiger charge is -2.28. The van der Waals surface area contributed by atoms with Crippen molar-refractivity contribution in [1.29, 1.82) is 0 Å². The van der Waals surface area contributed by atoms with Crippen molar-refractivity contribution in [2.24, 2.45) is 0 Å². The molecule has 0 aromatic heterocycles. The summed E-state index contributed by atoms with van der Waals surface area (Å²) in [5.74, 6) is -0.767. The number of hydrogen-bond acceptors (Lipinski definition) is 5. The Labute approximate surface area is 177 Å². The first kappa shape index (κ1) is 20.8. The van der Waals surface area contributed by atoms with Gasteiger partial charge in [-0.15, -0.1) is 0 Å². The van der Waals surface area contributed by atoms with Crippen molar-refractivity contribution in [3.8, 4) is 0 Å². The Kier molecular flexibility index (Phi) is 6.06. The van der Waals surface area contributed by atoms with Crippen molar-refractivity contribution in [3.05, 3.63) is 35.9 Å². The van der Waals surface area contributed by atoms with E-state index in [0.717, 1.165) is 44.0 Å². The molecule has 8 nitrogen and oxygen atoms in total. The van der Waals surface area contributed by atoms with Crippen molar-refractivity contribution >= 4 is 17.8 Å². The average molecular weight is 414 g/mol. The summed E-state index contributed by atoms with van der Waals surface area (Å²) in [5.41, 5.74) is 2.13. The number of amides is 4. The number of hydrogen-bond donors (Lipinski definition) is 2.